The van der Waals surface area contributed by atoms with Crippen molar-refractivity contribution in [2.24, 2.45) is 5.92 Å². The smallest absolute Gasteiger partial charge is 0.251 e. The maximum absolute atomic E-state index is 12.9. The van der Waals surface area contributed by atoms with Gasteiger partial charge in [-0.15, -0.1) is 0 Å². The summed E-state index contributed by atoms with van der Waals surface area (Å²) in [6.45, 7) is 3.57. The second-order valence-electron chi connectivity index (χ2n) is 6.51. The van der Waals surface area contributed by atoms with Gasteiger partial charge in [-0.05, 0) is 47.9 Å². The highest BCUT2D eigenvalue weighted by Crippen LogP contribution is 2.13. The Balaban J connectivity index is 1.96. The molecule has 2 amide bonds. The van der Waals surface area contributed by atoms with Gasteiger partial charge in [0.1, 0.15) is 11.9 Å². The van der Waals surface area contributed by atoms with Gasteiger partial charge in [-0.3, -0.25) is 9.59 Å². The third-order valence-electron chi connectivity index (χ3n) is 4.07. The zero-order valence-corrected chi connectivity index (χ0v) is 15.8. The van der Waals surface area contributed by atoms with Crippen LogP contribution >= 0.6 is 11.6 Å². The normalized spacial score (nSPS) is 13.1. The van der Waals surface area contributed by atoms with E-state index >= 15 is 0 Å². The van der Waals surface area contributed by atoms with Crippen molar-refractivity contribution in [2.75, 3.05) is 6.54 Å². The molecule has 0 aliphatic heterocycles. The molecule has 0 spiro atoms. The molecule has 0 aromatic heterocycles. The van der Waals surface area contributed by atoms with E-state index in [0.29, 0.717) is 16.1 Å². The Morgan fingerprint density at radius 3 is 2.22 bits per heavy atom. The van der Waals surface area contributed by atoms with E-state index in [9.17, 15) is 19.1 Å². The molecule has 0 radical (unpaired) electrons. The monoisotopic (exact) mass is 392 g/mol. The highest BCUT2D eigenvalue weighted by Gasteiger charge is 2.25. The van der Waals surface area contributed by atoms with Gasteiger partial charge in [0.2, 0.25) is 5.91 Å². The number of aliphatic hydroxyl groups is 1. The predicted molar refractivity (Wildman–Crippen MR) is 102 cm³/mol. The lowest BCUT2D eigenvalue weighted by Gasteiger charge is -2.22. The van der Waals surface area contributed by atoms with Crippen LogP contribution in [-0.2, 0) is 4.79 Å². The molecule has 0 fully saturated rings. The molecule has 0 saturated heterocycles. The molecule has 2 aromatic rings. The Morgan fingerprint density at radius 2 is 1.67 bits per heavy atom. The summed E-state index contributed by atoms with van der Waals surface area (Å²) in [4.78, 5) is 24.8. The summed E-state index contributed by atoms with van der Waals surface area (Å²) in [6, 6.07) is 11.0. The number of halogens is 2. The molecule has 2 rings (SSSR count). The lowest BCUT2D eigenvalue weighted by molar-refractivity contribution is -0.124. The molecule has 2 atom stereocenters. The van der Waals surface area contributed by atoms with E-state index in [0.717, 1.165) is 0 Å². The summed E-state index contributed by atoms with van der Waals surface area (Å²) in [7, 11) is 0. The molecule has 2 aromatic carbocycles. The van der Waals surface area contributed by atoms with Crippen LogP contribution in [0.3, 0.4) is 0 Å². The number of aliphatic hydroxyl groups excluding tert-OH is 1. The van der Waals surface area contributed by atoms with E-state index in [-0.39, 0.29) is 18.4 Å². The third kappa shape index (κ3) is 6.05. The van der Waals surface area contributed by atoms with E-state index in [1.165, 1.54) is 24.3 Å². The van der Waals surface area contributed by atoms with Crippen molar-refractivity contribution in [2.45, 2.75) is 26.0 Å². The van der Waals surface area contributed by atoms with E-state index < -0.39 is 23.9 Å². The molecule has 0 aliphatic rings. The quantitative estimate of drug-likeness (QED) is 0.677. The van der Waals surface area contributed by atoms with Crippen LogP contribution in [-0.4, -0.2) is 29.5 Å². The van der Waals surface area contributed by atoms with Crippen LogP contribution in [0.25, 0.3) is 0 Å². The predicted octanol–water partition coefficient (Wildman–Crippen LogP) is 3.08. The number of carbonyl (C=O) groups is 2. The van der Waals surface area contributed by atoms with Crippen LogP contribution in [0.15, 0.2) is 48.5 Å². The molecule has 3 N–H and O–H groups in total. The second kappa shape index (κ2) is 9.48. The molecule has 144 valence electrons. The van der Waals surface area contributed by atoms with Crippen molar-refractivity contribution in [3.8, 4) is 0 Å². The first kappa shape index (κ1) is 20.9. The lowest BCUT2D eigenvalue weighted by Crippen LogP contribution is -2.50. The number of rotatable bonds is 7. The van der Waals surface area contributed by atoms with Gasteiger partial charge in [0, 0.05) is 17.1 Å². The molecule has 5 nitrogen and oxygen atoms in total. The minimum atomic E-state index is -0.977. The fourth-order valence-corrected chi connectivity index (χ4v) is 2.60. The van der Waals surface area contributed by atoms with Crippen molar-refractivity contribution < 1.29 is 19.1 Å². The Labute approximate surface area is 162 Å². The Morgan fingerprint density at radius 1 is 1.07 bits per heavy atom. The van der Waals surface area contributed by atoms with Gasteiger partial charge >= 0.3 is 0 Å². The van der Waals surface area contributed by atoms with Crippen molar-refractivity contribution in [1.29, 1.82) is 0 Å². The minimum Gasteiger partial charge on any atom is -0.387 e. The van der Waals surface area contributed by atoms with Crippen molar-refractivity contribution in [1.82, 2.24) is 10.6 Å². The van der Waals surface area contributed by atoms with Gasteiger partial charge in [-0.25, -0.2) is 4.39 Å². The van der Waals surface area contributed by atoms with Crippen LogP contribution < -0.4 is 10.6 Å². The van der Waals surface area contributed by atoms with Gasteiger partial charge in [-0.2, -0.15) is 0 Å². The SMILES string of the molecule is CC(C)C(NC(=O)c1ccc(Cl)cc1)C(=O)NCC(O)c1ccc(F)cc1. The van der Waals surface area contributed by atoms with Crippen molar-refractivity contribution in [3.05, 3.63) is 70.5 Å². The highest BCUT2D eigenvalue weighted by atomic mass is 35.5. The molecular formula is C20H22ClFN2O3. The molecule has 27 heavy (non-hydrogen) atoms. The topological polar surface area (TPSA) is 78.4 Å². The molecule has 0 bridgehead atoms. The molecular weight excluding hydrogens is 371 g/mol. The standard InChI is InChI=1S/C20H22ClFN2O3/c1-12(2)18(24-19(26)14-3-7-15(21)8-4-14)20(27)23-11-17(25)13-5-9-16(22)10-6-13/h3-10,12,17-18,25H,11H2,1-2H3,(H,23,27)(H,24,26). The van der Waals surface area contributed by atoms with Gasteiger partial charge < -0.3 is 15.7 Å². The summed E-state index contributed by atoms with van der Waals surface area (Å²) in [5.41, 5.74) is 0.882. The number of carbonyl (C=O) groups excluding carboxylic acids is 2. The maximum Gasteiger partial charge on any atom is 0.251 e. The lowest BCUT2D eigenvalue weighted by atomic mass is 10.0. The number of amides is 2. The highest BCUT2D eigenvalue weighted by molar-refractivity contribution is 6.30. The maximum atomic E-state index is 12.9. The van der Waals surface area contributed by atoms with Crippen molar-refractivity contribution >= 4 is 23.4 Å². The average Bonchev–Trinajstić information content (AvgIpc) is 2.64. The summed E-state index contributed by atoms with van der Waals surface area (Å²) in [5.74, 6) is -1.36. The van der Waals surface area contributed by atoms with Gasteiger partial charge in [-0.1, -0.05) is 37.6 Å². The van der Waals surface area contributed by atoms with Crippen LogP contribution in [0.4, 0.5) is 4.39 Å². The molecule has 7 heteroatoms. The van der Waals surface area contributed by atoms with Gasteiger partial charge in [0.15, 0.2) is 0 Å². The largest absolute Gasteiger partial charge is 0.387 e. The Bertz CT molecular complexity index is 779. The van der Waals surface area contributed by atoms with Gasteiger partial charge in [0.25, 0.3) is 5.91 Å². The Kier molecular flexibility index (Phi) is 7.33. The molecule has 0 saturated carbocycles. The molecule has 2 unspecified atom stereocenters. The summed E-state index contributed by atoms with van der Waals surface area (Å²) < 4.78 is 12.9. The second-order valence-corrected chi connectivity index (χ2v) is 6.95. The average molecular weight is 393 g/mol. The van der Waals surface area contributed by atoms with Crippen LogP contribution in [0, 0.1) is 11.7 Å². The number of benzene rings is 2. The minimum absolute atomic E-state index is 0.0511. The molecule has 0 aliphatic carbocycles. The first-order valence-electron chi connectivity index (χ1n) is 8.55. The van der Waals surface area contributed by atoms with E-state index in [1.807, 2.05) is 13.8 Å². The van der Waals surface area contributed by atoms with E-state index in [2.05, 4.69) is 10.6 Å². The van der Waals surface area contributed by atoms with Crippen LogP contribution in [0.1, 0.15) is 35.9 Å². The summed E-state index contributed by atoms with van der Waals surface area (Å²) in [5, 5.41) is 16.0. The first-order valence-corrected chi connectivity index (χ1v) is 8.93. The van der Waals surface area contributed by atoms with Crippen LogP contribution in [0.2, 0.25) is 5.02 Å². The fourth-order valence-electron chi connectivity index (χ4n) is 2.47. The van der Waals surface area contributed by atoms with Crippen molar-refractivity contribution in [3.63, 3.8) is 0 Å². The van der Waals surface area contributed by atoms with E-state index in [1.54, 1.807) is 24.3 Å². The number of nitrogens with one attached hydrogen (secondary N) is 2. The van der Waals surface area contributed by atoms with Gasteiger partial charge in [0.05, 0.1) is 6.10 Å². The fraction of sp³-hybridized carbons (Fsp3) is 0.300. The first-order chi connectivity index (χ1) is 12.8. The molecule has 0 heterocycles. The number of hydrogen-bond acceptors (Lipinski definition) is 3. The zero-order chi connectivity index (χ0) is 20.0. The number of hydrogen-bond donors (Lipinski definition) is 3. The third-order valence-corrected chi connectivity index (χ3v) is 4.32. The van der Waals surface area contributed by atoms with E-state index in [4.69, 9.17) is 11.6 Å². The zero-order valence-electron chi connectivity index (χ0n) is 15.1. The summed E-state index contributed by atoms with van der Waals surface area (Å²) >= 11 is 5.81. The van der Waals surface area contributed by atoms with Crippen LogP contribution in [0.5, 0.6) is 0 Å². The summed E-state index contributed by atoms with van der Waals surface area (Å²) in [6.07, 6.45) is -0.977. The Hall–Kier alpha value is -2.44.